The summed E-state index contributed by atoms with van der Waals surface area (Å²) in [5.74, 6) is 0. The number of hydrogen-bond donors (Lipinski definition) is 2. The van der Waals surface area contributed by atoms with Crippen molar-refractivity contribution < 1.29 is 10.0 Å². The van der Waals surface area contributed by atoms with Gasteiger partial charge in [-0.05, 0) is 37.8 Å². The van der Waals surface area contributed by atoms with E-state index in [1.54, 1.807) is 6.07 Å². The van der Waals surface area contributed by atoms with Gasteiger partial charge in [-0.15, -0.1) is 0 Å². The SMILES string of the molecule is CCCCCN(Cc1cccc(B(O)O)c1)C(C)C. The Labute approximate surface area is 117 Å². The van der Waals surface area contributed by atoms with Gasteiger partial charge in [-0.3, -0.25) is 4.90 Å². The van der Waals surface area contributed by atoms with E-state index in [-0.39, 0.29) is 0 Å². The van der Waals surface area contributed by atoms with Crippen molar-refractivity contribution in [2.75, 3.05) is 6.54 Å². The molecule has 1 rings (SSSR count). The maximum Gasteiger partial charge on any atom is 0.488 e. The molecule has 0 aromatic heterocycles. The number of rotatable bonds is 8. The predicted octanol–water partition coefficient (Wildman–Crippen LogP) is 1.77. The molecule has 0 saturated carbocycles. The van der Waals surface area contributed by atoms with Gasteiger partial charge in [0.05, 0.1) is 0 Å². The fourth-order valence-corrected chi connectivity index (χ4v) is 2.17. The van der Waals surface area contributed by atoms with Crippen LogP contribution in [-0.4, -0.2) is 34.7 Å². The Morgan fingerprint density at radius 3 is 2.53 bits per heavy atom. The molecule has 1 aromatic carbocycles. The highest BCUT2D eigenvalue weighted by Gasteiger charge is 2.13. The van der Waals surface area contributed by atoms with Crippen molar-refractivity contribution >= 4 is 12.6 Å². The highest BCUT2D eigenvalue weighted by molar-refractivity contribution is 6.58. The van der Waals surface area contributed by atoms with Crippen LogP contribution in [0.3, 0.4) is 0 Å². The van der Waals surface area contributed by atoms with Crippen LogP contribution in [0.25, 0.3) is 0 Å². The van der Waals surface area contributed by atoms with Crippen LogP contribution in [0.2, 0.25) is 0 Å². The second-order valence-electron chi connectivity index (χ2n) is 5.39. The predicted molar refractivity (Wildman–Crippen MR) is 81.3 cm³/mol. The zero-order chi connectivity index (χ0) is 14.3. The molecule has 0 bridgehead atoms. The first-order valence-electron chi connectivity index (χ1n) is 7.23. The van der Waals surface area contributed by atoms with E-state index in [9.17, 15) is 10.0 Å². The van der Waals surface area contributed by atoms with Gasteiger partial charge < -0.3 is 10.0 Å². The van der Waals surface area contributed by atoms with Gasteiger partial charge in [-0.2, -0.15) is 0 Å². The van der Waals surface area contributed by atoms with Crippen molar-refractivity contribution in [2.24, 2.45) is 0 Å². The topological polar surface area (TPSA) is 43.7 Å². The Bertz CT molecular complexity index is 369. The second kappa shape index (κ2) is 8.36. The lowest BCUT2D eigenvalue weighted by atomic mass is 9.79. The first-order valence-corrected chi connectivity index (χ1v) is 7.23. The van der Waals surface area contributed by atoms with Crippen LogP contribution in [0.5, 0.6) is 0 Å². The molecule has 0 heterocycles. The van der Waals surface area contributed by atoms with E-state index in [2.05, 4.69) is 25.7 Å². The monoisotopic (exact) mass is 263 g/mol. The molecule has 0 aliphatic carbocycles. The Morgan fingerprint density at radius 2 is 1.95 bits per heavy atom. The van der Waals surface area contributed by atoms with Crippen LogP contribution in [-0.2, 0) is 6.54 Å². The minimum atomic E-state index is -1.38. The average molecular weight is 263 g/mol. The molecule has 3 nitrogen and oxygen atoms in total. The van der Waals surface area contributed by atoms with Crippen LogP contribution in [0.4, 0.5) is 0 Å². The Balaban J connectivity index is 2.65. The molecule has 0 spiro atoms. The van der Waals surface area contributed by atoms with Gasteiger partial charge in [0.2, 0.25) is 0 Å². The van der Waals surface area contributed by atoms with Crippen LogP contribution in [0.15, 0.2) is 24.3 Å². The Hall–Kier alpha value is -0.835. The summed E-state index contributed by atoms with van der Waals surface area (Å²) in [6, 6.07) is 8.04. The first-order chi connectivity index (χ1) is 9.04. The number of benzene rings is 1. The van der Waals surface area contributed by atoms with Crippen molar-refractivity contribution in [3.8, 4) is 0 Å². The second-order valence-corrected chi connectivity index (χ2v) is 5.39. The summed E-state index contributed by atoms with van der Waals surface area (Å²) in [5.41, 5.74) is 1.70. The Morgan fingerprint density at radius 1 is 1.21 bits per heavy atom. The van der Waals surface area contributed by atoms with E-state index in [0.29, 0.717) is 11.5 Å². The minimum absolute atomic E-state index is 0.500. The van der Waals surface area contributed by atoms with Crippen molar-refractivity contribution in [2.45, 2.75) is 52.6 Å². The summed E-state index contributed by atoms with van der Waals surface area (Å²) in [6.45, 7) is 8.58. The standard InChI is InChI=1S/C15H26BNO2/c1-4-5-6-10-17(13(2)3)12-14-8-7-9-15(11-14)16(18)19/h7-9,11,13,18-19H,4-6,10,12H2,1-3H3. The molecule has 0 fully saturated rings. The highest BCUT2D eigenvalue weighted by Crippen LogP contribution is 2.09. The van der Waals surface area contributed by atoms with Crippen LogP contribution < -0.4 is 5.46 Å². The summed E-state index contributed by atoms with van der Waals surface area (Å²) < 4.78 is 0. The summed E-state index contributed by atoms with van der Waals surface area (Å²) in [6.07, 6.45) is 3.72. The number of nitrogens with zero attached hydrogens (tertiary/aromatic N) is 1. The van der Waals surface area contributed by atoms with Gasteiger partial charge in [-0.25, -0.2) is 0 Å². The fourth-order valence-electron chi connectivity index (χ4n) is 2.17. The van der Waals surface area contributed by atoms with Crippen LogP contribution >= 0.6 is 0 Å². The molecule has 0 saturated heterocycles. The smallest absolute Gasteiger partial charge is 0.423 e. The zero-order valence-electron chi connectivity index (χ0n) is 12.3. The molecule has 106 valence electrons. The van der Waals surface area contributed by atoms with E-state index in [1.807, 2.05) is 18.2 Å². The van der Waals surface area contributed by atoms with Crippen LogP contribution in [0, 0.1) is 0 Å². The molecule has 0 radical (unpaired) electrons. The van der Waals surface area contributed by atoms with Gasteiger partial charge in [0.25, 0.3) is 0 Å². The molecular formula is C15H26BNO2. The van der Waals surface area contributed by atoms with E-state index in [1.165, 1.54) is 19.3 Å². The third kappa shape index (κ3) is 5.77. The fraction of sp³-hybridized carbons (Fsp3) is 0.600. The number of unbranched alkanes of at least 4 members (excludes halogenated alkanes) is 2. The van der Waals surface area contributed by atoms with Crippen molar-refractivity contribution in [1.29, 1.82) is 0 Å². The van der Waals surface area contributed by atoms with E-state index in [4.69, 9.17) is 0 Å². The molecular weight excluding hydrogens is 237 g/mol. The molecule has 0 aliphatic heterocycles. The molecule has 1 aromatic rings. The molecule has 0 atom stereocenters. The molecule has 0 amide bonds. The number of hydrogen-bond acceptors (Lipinski definition) is 3. The molecule has 0 aliphatic rings. The van der Waals surface area contributed by atoms with Crippen LogP contribution in [0.1, 0.15) is 45.6 Å². The maximum absolute atomic E-state index is 9.21. The Kier molecular flexibility index (Phi) is 7.14. The first kappa shape index (κ1) is 16.2. The summed E-state index contributed by atoms with van der Waals surface area (Å²) in [4.78, 5) is 2.43. The minimum Gasteiger partial charge on any atom is -0.423 e. The van der Waals surface area contributed by atoms with Crippen molar-refractivity contribution in [3.05, 3.63) is 29.8 Å². The van der Waals surface area contributed by atoms with E-state index < -0.39 is 7.12 Å². The van der Waals surface area contributed by atoms with Crippen molar-refractivity contribution in [1.82, 2.24) is 4.90 Å². The maximum atomic E-state index is 9.21. The van der Waals surface area contributed by atoms with Gasteiger partial charge in [0, 0.05) is 12.6 Å². The zero-order valence-corrected chi connectivity index (χ0v) is 12.3. The van der Waals surface area contributed by atoms with E-state index >= 15 is 0 Å². The summed E-state index contributed by atoms with van der Waals surface area (Å²) in [7, 11) is -1.38. The van der Waals surface area contributed by atoms with Gasteiger partial charge in [-0.1, -0.05) is 44.0 Å². The lowest BCUT2D eigenvalue weighted by Gasteiger charge is -2.26. The molecule has 4 heteroatoms. The van der Waals surface area contributed by atoms with Gasteiger partial charge >= 0.3 is 7.12 Å². The molecule has 0 unspecified atom stereocenters. The lowest BCUT2D eigenvalue weighted by molar-refractivity contribution is 0.208. The van der Waals surface area contributed by atoms with Gasteiger partial charge in [0.1, 0.15) is 0 Å². The third-order valence-corrected chi connectivity index (χ3v) is 3.41. The molecule has 2 N–H and O–H groups in total. The third-order valence-electron chi connectivity index (χ3n) is 3.41. The summed E-state index contributed by atoms with van der Waals surface area (Å²) >= 11 is 0. The van der Waals surface area contributed by atoms with Crippen molar-refractivity contribution in [3.63, 3.8) is 0 Å². The normalized spacial score (nSPS) is 11.3. The largest absolute Gasteiger partial charge is 0.488 e. The lowest BCUT2D eigenvalue weighted by Crippen LogP contribution is -2.33. The van der Waals surface area contributed by atoms with Gasteiger partial charge in [0.15, 0.2) is 0 Å². The van der Waals surface area contributed by atoms with E-state index in [0.717, 1.165) is 18.7 Å². The average Bonchev–Trinajstić information content (AvgIpc) is 2.38. The summed E-state index contributed by atoms with van der Waals surface area (Å²) in [5, 5.41) is 18.4. The molecule has 19 heavy (non-hydrogen) atoms. The highest BCUT2D eigenvalue weighted by atomic mass is 16.4. The quantitative estimate of drug-likeness (QED) is 0.555.